The predicted octanol–water partition coefficient (Wildman–Crippen LogP) is 0.0828. The van der Waals surface area contributed by atoms with Crippen molar-refractivity contribution in [2.75, 3.05) is 25.4 Å². The van der Waals surface area contributed by atoms with E-state index in [0.717, 1.165) is 32.4 Å². The Morgan fingerprint density at radius 3 is 2.82 bits per heavy atom. The van der Waals surface area contributed by atoms with Crippen LogP contribution in [0.2, 0.25) is 0 Å². The van der Waals surface area contributed by atoms with Crippen molar-refractivity contribution in [1.82, 2.24) is 10.0 Å². The molecule has 0 aromatic rings. The third-order valence-corrected chi connectivity index (χ3v) is 5.13. The standard InChI is InChI=1S/C11H22N2O3S/c1-9-10(4-6-16-9)7-13-17(14,15)8-11-3-2-5-12-11/h9-13H,2-8H2,1H3. The summed E-state index contributed by atoms with van der Waals surface area (Å²) >= 11 is 0. The molecule has 3 unspecified atom stereocenters. The molecule has 2 aliphatic heterocycles. The lowest BCUT2D eigenvalue weighted by molar-refractivity contribution is 0.107. The van der Waals surface area contributed by atoms with Crippen molar-refractivity contribution in [3.05, 3.63) is 0 Å². The Labute approximate surface area is 103 Å². The summed E-state index contributed by atoms with van der Waals surface area (Å²) in [5, 5.41) is 3.21. The minimum Gasteiger partial charge on any atom is -0.378 e. The Morgan fingerprint density at radius 1 is 1.41 bits per heavy atom. The average Bonchev–Trinajstić information content (AvgIpc) is 2.87. The zero-order chi connectivity index (χ0) is 12.3. The van der Waals surface area contributed by atoms with Crippen molar-refractivity contribution in [1.29, 1.82) is 0 Å². The summed E-state index contributed by atoms with van der Waals surface area (Å²) in [6.07, 6.45) is 3.16. The van der Waals surface area contributed by atoms with Crippen LogP contribution in [-0.4, -0.2) is 46.0 Å². The maximum absolute atomic E-state index is 11.9. The molecule has 17 heavy (non-hydrogen) atoms. The van der Waals surface area contributed by atoms with Gasteiger partial charge in [-0.25, -0.2) is 13.1 Å². The Balaban J connectivity index is 1.76. The summed E-state index contributed by atoms with van der Waals surface area (Å²) in [5.41, 5.74) is 0. The summed E-state index contributed by atoms with van der Waals surface area (Å²) < 4.78 is 31.8. The highest BCUT2D eigenvalue weighted by Gasteiger charge is 2.27. The summed E-state index contributed by atoms with van der Waals surface area (Å²) in [6.45, 7) is 4.20. The lowest BCUT2D eigenvalue weighted by Crippen LogP contribution is -2.39. The smallest absolute Gasteiger partial charge is 0.213 e. The highest BCUT2D eigenvalue weighted by atomic mass is 32.2. The van der Waals surface area contributed by atoms with E-state index in [1.807, 2.05) is 6.92 Å². The fraction of sp³-hybridized carbons (Fsp3) is 1.00. The molecule has 3 atom stereocenters. The van der Waals surface area contributed by atoms with Crippen molar-refractivity contribution >= 4 is 10.0 Å². The molecular weight excluding hydrogens is 240 g/mol. The van der Waals surface area contributed by atoms with Crippen molar-refractivity contribution in [3.8, 4) is 0 Å². The van der Waals surface area contributed by atoms with Crippen LogP contribution in [0.3, 0.4) is 0 Å². The van der Waals surface area contributed by atoms with Crippen molar-refractivity contribution < 1.29 is 13.2 Å². The van der Waals surface area contributed by atoms with E-state index in [2.05, 4.69) is 10.0 Å². The van der Waals surface area contributed by atoms with Crippen molar-refractivity contribution in [3.63, 3.8) is 0 Å². The van der Waals surface area contributed by atoms with E-state index in [0.29, 0.717) is 12.5 Å². The van der Waals surface area contributed by atoms with Crippen molar-refractivity contribution in [2.45, 2.75) is 38.3 Å². The molecule has 2 rings (SSSR count). The number of ether oxygens (including phenoxy) is 1. The minimum atomic E-state index is -3.14. The van der Waals surface area contributed by atoms with Crippen LogP contribution in [0.25, 0.3) is 0 Å². The number of hydrogen-bond acceptors (Lipinski definition) is 4. The maximum atomic E-state index is 11.9. The zero-order valence-corrected chi connectivity index (χ0v) is 11.1. The molecule has 0 bridgehead atoms. The summed E-state index contributed by atoms with van der Waals surface area (Å²) in [7, 11) is -3.14. The lowest BCUT2D eigenvalue weighted by atomic mass is 10.0. The summed E-state index contributed by atoms with van der Waals surface area (Å²) in [4.78, 5) is 0. The van der Waals surface area contributed by atoms with E-state index in [4.69, 9.17) is 4.74 Å². The minimum absolute atomic E-state index is 0.129. The fourth-order valence-electron chi connectivity index (χ4n) is 2.50. The lowest BCUT2D eigenvalue weighted by Gasteiger charge is -2.16. The van der Waals surface area contributed by atoms with Crippen LogP contribution in [0.15, 0.2) is 0 Å². The second-order valence-electron chi connectivity index (χ2n) is 5.05. The first-order valence-corrected chi connectivity index (χ1v) is 8.04. The molecule has 2 saturated heterocycles. The summed E-state index contributed by atoms with van der Waals surface area (Å²) in [5.74, 6) is 0.524. The van der Waals surface area contributed by atoms with Crippen LogP contribution in [0.4, 0.5) is 0 Å². The quantitative estimate of drug-likeness (QED) is 0.736. The van der Waals surface area contributed by atoms with E-state index in [-0.39, 0.29) is 17.9 Å². The van der Waals surface area contributed by atoms with Crippen LogP contribution < -0.4 is 10.0 Å². The van der Waals surface area contributed by atoms with Gasteiger partial charge in [-0.15, -0.1) is 0 Å². The first-order chi connectivity index (χ1) is 8.07. The average molecular weight is 262 g/mol. The molecule has 0 amide bonds. The van der Waals surface area contributed by atoms with Crippen LogP contribution in [0.1, 0.15) is 26.2 Å². The van der Waals surface area contributed by atoms with Gasteiger partial charge in [0, 0.05) is 25.1 Å². The van der Waals surface area contributed by atoms with Gasteiger partial charge in [0.05, 0.1) is 11.9 Å². The van der Waals surface area contributed by atoms with E-state index in [9.17, 15) is 8.42 Å². The number of hydrogen-bond donors (Lipinski definition) is 2. The molecule has 6 heteroatoms. The normalized spacial score (nSPS) is 34.3. The first-order valence-electron chi connectivity index (χ1n) is 6.39. The molecule has 0 aromatic carbocycles. The molecular formula is C11H22N2O3S. The van der Waals surface area contributed by atoms with Gasteiger partial charge in [0.1, 0.15) is 0 Å². The zero-order valence-electron chi connectivity index (χ0n) is 10.3. The van der Waals surface area contributed by atoms with Gasteiger partial charge in [0.15, 0.2) is 0 Å². The van der Waals surface area contributed by atoms with Gasteiger partial charge in [0.25, 0.3) is 0 Å². The molecule has 0 saturated carbocycles. The number of nitrogens with one attached hydrogen (secondary N) is 2. The second kappa shape index (κ2) is 5.65. The van der Waals surface area contributed by atoms with Crippen LogP contribution in [0.5, 0.6) is 0 Å². The van der Waals surface area contributed by atoms with E-state index in [1.54, 1.807) is 0 Å². The maximum Gasteiger partial charge on any atom is 0.213 e. The van der Waals surface area contributed by atoms with Gasteiger partial charge in [-0.1, -0.05) is 0 Å². The molecule has 0 aliphatic carbocycles. The third kappa shape index (κ3) is 3.91. The largest absolute Gasteiger partial charge is 0.378 e. The molecule has 2 heterocycles. The van der Waals surface area contributed by atoms with Crippen LogP contribution in [0, 0.1) is 5.92 Å². The molecule has 5 nitrogen and oxygen atoms in total. The topological polar surface area (TPSA) is 67.4 Å². The van der Waals surface area contributed by atoms with Crippen molar-refractivity contribution in [2.24, 2.45) is 5.92 Å². The van der Waals surface area contributed by atoms with Gasteiger partial charge in [0.2, 0.25) is 10.0 Å². The van der Waals surface area contributed by atoms with Gasteiger partial charge in [-0.2, -0.15) is 0 Å². The van der Waals surface area contributed by atoms with Gasteiger partial charge in [-0.05, 0) is 32.7 Å². The summed E-state index contributed by atoms with van der Waals surface area (Å²) in [6, 6.07) is 0.129. The molecule has 0 aromatic heterocycles. The molecule has 2 fully saturated rings. The van der Waals surface area contributed by atoms with Gasteiger partial charge in [-0.3, -0.25) is 0 Å². The van der Waals surface area contributed by atoms with Crippen LogP contribution in [-0.2, 0) is 14.8 Å². The first kappa shape index (κ1) is 13.3. The second-order valence-corrected chi connectivity index (χ2v) is 6.90. The SMILES string of the molecule is CC1OCCC1CNS(=O)(=O)CC1CCCN1. The molecule has 0 radical (unpaired) electrons. The van der Waals surface area contributed by atoms with E-state index in [1.165, 1.54) is 0 Å². The Hall–Kier alpha value is -0.170. The Bertz CT molecular complexity index is 339. The number of sulfonamides is 1. The fourth-order valence-corrected chi connectivity index (χ4v) is 3.90. The highest BCUT2D eigenvalue weighted by molar-refractivity contribution is 7.89. The number of rotatable bonds is 5. The monoisotopic (exact) mass is 262 g/mol. The Morgan fingerprint density at radius 2 is 2.24 bits per heavy atom. The highest BCUT2D eigenvalue weighted by Crippen LogP contribution is 2.19. The molecule has 100 valence electrons. The molecule has 2 N–H and O–H groups in total. The third-order valence-electron chi connectivity index (χ3n) is 3.68. The molecule has 0 spiro atoms. The van der Waals surface area contributed by atoms with Gasteiger partial charge < -0.3 is 10.1 Å². The van der Waals surface area contributed by atoms with Gasteiger partial charge >= 0.3 is 0 Å². The van der Waals surface area contributed by atoms with Crippen LogP contribution >= 0.6 is 0 Å². The van der Waals surface area contributed by atoms with E-state index < -0.39 is 10.0 Å². The Kier molecular flexibility index (Phi) is 4.41. The predicted molar refractivity (Wildman–Crippen MR) is 66.3 cm³/mol. The van der Waals surface area contributed by atoms with E-state index >= 15 is 0 Å². The molecule has 2 aliphatic rings.